The zero-order valence-corrected chi connectivity index (χ0v) is 15.6. The third kappa shape index (κ3) is 4.28. The molecule has 5 nitrogen and oxygen atoms in total. The summed E-state index contributed by atoms with van der Waals surface area (Å²) in [4.78, 5) is 15.8. The lowest BCUT2D eigenvalue weighted by Gasteiger charge is -2.00. The van der Waals surface area contributed by atoms with Crippen LogP contribution >= 0.6 is 39.1 Å². The number of rotatable bonds is 4. The number of pyridine rings is 1. The van der Waals surface area contributed by atoms with Crippen molar-refractivity contribution < 1.29 is 9.21 Å². The average Bonchev–Trinajstić information content (AvgIpc) is 3.06. The molecule has 25 heavy (non-hydrogen) atoms. The summed E-state index contributed by atoms with van der Waals surface area (Å²) in [6.45, 7) is 0. The number of furan rings is 1. The van der Waals surface area contributed by atoms with E-state index in [4.69, 9.17) is 27.6 Å². The quantitative estimate of drug-likeness (QED) is 0.347. The van der Waals surface area contributed by atoms with Crippen LogP contribution in [0, 0.1) is 0 Å². The predicted molar refractivity (Wildman–Crippen MR) is 101 cm³/mol. The van der Waals surface area contributed by atoms with E-state index in [2.05, 4.69) is 31.4 Å². The van der Waals surface area contributed by atoms with Crippen LogP contribution in [0.5, 0.6) is 0 Å². The molecule has 1 aromatic carbocycles. The maximum absolute atomic E-state index is 12.0. The topological polar surface area (TPSA) is 67.5 Å². The zero-order valence-electron chi connectivity index (χ0n) is 12.5. The number of hydrazone groups is 1. The Balaban J connectivity index is 1.69. The van der Waals surface area contributed by atoms with Crippen molar-refractivity contribution in [3.63, 3.8) is 0 Å². The molecule has 1 amide bonds. The Bertz CT molecular complexity index is 957. The van der Waals surface area contributed by atoms with E-state index in [-0.39, 0.29) is 10.7 Å². The van der Waals surface area contributed by atoms with Crippen LogP contribution in [0.1, 0.15) is 16.1 Å². The Morgan fingerprint density at radius 3 is 2.84 bits per heavy atom. The number of carbonyl (C=O) groups excluding carboxylic acids is 1. The van der Waals surface area contributed by atoms with Crippen LogP contribution in [0.4, 0.5) is 0 Å². The van der Waals surface area contributed by atoms with Gasteiger partial charge in [-0.15, -0.1) is 0 Å². The molecule has 0 saturated heterocycles. The fourth-order valence-corrected chi connectivity index (χ4v) is 2.63. The lowest BCUT2D eigenvalue weighted by Crippen LogP contribution is -2.18. The molecule has 0 aliphatic heterocycles. The Kier molecular flexibility index (Phi) is 5.53. The lowest BCUT2D eigenvalue weighted by molar-refractivity contribution is 0.0955. The van der Waals surface area contributed by atoms with Crippen molar-refractivity contribution in [3.05, 3.63) is 74.6 Å². The first-order valence-electron chi connectivity index (χ1n) is 7.04. The summed E-state index contributed by atoms with van der Waals surface area (Å²) in [6.07, 6.45) is 2.90. The molecule has 0 atom stereocenters. The molecule has 3 rings (SSSR count). The zero-order chi connectivity index (χ0) is 17.8. The standard InChI is InChI=1S/C17H10BrCl2N3O2/c18-13-5-3-10(8-14(13)19)15-6-4-11(25-15)9-22-23-17(24)12-2-1-7-21-16(12)20/h1-9H,(H,23,24). The van der Waals surface area contributed by atoms with Gasteiger partial charge in [-0.05, 0) is 52.3 Å². The second kappa shape index (κ2) is 7.82. The van der Waals surface area contributed by atoms with Crippen LogP contribution < -0.4 is 5.43 Å². The SMILES string of the molecule is O=C(NN=Cc1ccc(-c2ccc(Br)c(Cl)c2)o1)c1cccnc1Cl. The van der Waals surface area contributed by atoms with E-state index >= 15 is 0 Å². The van der Waals surface area contributed by atoms with Gasteiger partial charge >= 0.3 is 0 Å². The number of benzene rings is 1. The summed E-state index contributed by atoms with van der Waals surface area (Å²) < 4.78 is 6.47. The van der Waals surface area contributed by atoms with Crippen molar-refractivity contribution in [3.8, 4) is 11.3 Å². The monoisotopic (exact) mass is 437 g/mol. The van der Waals surface area contributed by atoms with Gasteiger partial charge in [0, 0.05) is 16.2 Å². The minimum atomic E-state index is -0.458. The number of nitrogens with one attached hydrogen (secondary N) is 1. The minimum Gasteiger partial charge on any atom is -0.455 e. The van der Waals surface area contributed by atoms with Gasteiger partial charge in [0.15, 0.2) is 0 Å². The first-order chi connectivity index (χ1) is 12.0. The maximum atomic E-state index is 12.0. The van der Waals surface area contributed by atoms with Gasteiger partial charge in [-0.25, -0.2) is 10.4 Å². The molecule has 2 heterocycles. The smallest absolute Gasteiger partial charge is 0.274 e. The lowest BCUT2D eigenvalue weighted by atomic mass is 10.2. The van der Waals surface area contributed by atoms with Gasteiger partial charge in [-0.3, -0.25) is 4.79 Å². The van der Waals surface area contributed by atoms with E-state index in [0.29, 0.717) is 16.5 Å². The van der Waals surface area contributed by atoms with Gasteiger partial charge < -0.3 is 4.42 Å². The van der Waals surface area contributed by atoms with Crippen LogP contribution in [-0.2, 0) is 0 Å². The molecule has 0 fully saturated rings. The average molecular weight is 439 g/mol. The van der Waals surface area contributed by atoms with Crippen LogP contribution in [0.2, 0.25) is 10.2 Å². The highest BCUT2D eigenvalue weighted by molar-refractivity contribution is 9.10. The third-order valence-corrected chi connectivity index (χ3v) is 4.73. The number of aromatic nitrogens is 1. The van der Waals surface area contributed by atoms with Crippen molar-refractivity contribution in [2.24, 2.45) is 5.10 Å². The number of halogens is 3. The largest absolute Gasteiger partial charge is 0.455 e. The summed E-state index contributed by atoms with van der Waals surface area (Å²) >= 11 is 15.3. The number of nitrogens with zero attached hydrogens (tertiary/aromatic N) is 2. The van der Waals surface area contributed by atoms with Crippen LogP contribution in [0.3, 0.4) is 0 Å². The minimum absolute atomic E-state index is 0.114. The highest BCUT2D eigenvalue weighted by Crippen LogP contribution is 2.29. The summed E-state index contributed by atoms with van der Waals surface area (Å²) in [5.74, 6) is 0.657. The van der Waals surface area contributed by atoms with E-state index in [1.807, 2.05) is 12.1 Å². The van der Waals surface area contributed by atoms with Crippen molar-refractivity contribution >= 4 is 51.3 Å². The van der Waals surface area contributed by atoms with E-state index in [0.717, 1.165) is 10.0 Å². The maximum Gasteiger partial charge on any atom is 0.274 e. The highest BCUT2D eigenvalue weighted by Gasteiger charge is 2.09. The number of hydrogen-bond acceptors (Lipinski definition) is 4. The first kappa shape index (κ1) is 17.7. The molecule has 8 heteroatoms. The van der Waals surface area contributed by atoms with E-state index in [1.165, 1.54) is 12.4 Å². The molecule has 0 aliphatic carbocycles. The molecule has 0 saturated carbocycles. The van der Waals surface area contributed by atoms with E-state index in [9.17, 15) is 4.79 Å². The molecule has 0 bridgehead atoms. The molecule has 0 radical (unpaired) electrons. The molecule has 3 aromatic rings. The summed E-state index contributed by atoms with van der Waals surface area (Å²) in [5, 5.41) is 4.56. The molecule has 2 aromatic heterocycles. The Labute approximate surface area is 161 Å². The van der Waals surface area contributed by atoms with Gasteiger partial charge in [0.1, 0.15) is 16.7 Å². The number of carbonyl (C=O) groups is 1. The molecule has 1 N–H and O–H groups in total. The Morgan fingerprint density at radius 1 is 1.24 bits per heavy atom. The summed E-state index contributed by atoms with van der Waals surface area (Å²) in [5.41, 5.74) is 3.45. The van der Waals surface area contributed by atoms with Crippen molar-refractivity contribution in [2.45, 2.75) is 0 Å². The van der Waals surface area contributed by atoms with Gasteiger partial charge in [-0.2, -0.15) is 5.10 Å². The second-order valence-corrected chi connectivity index (χ2v) is 6.49. The number of hydrogen-bond donors (Lipinski definition) is 1. The first-order valence-corrected chi connectivity index (χ1v) is 8.58. The molecule has 0 aliphatic rings. The van der Waals surface area contributed by atoms with E-state index in [1.54, 1.807) is 30.3 Å². The Hall–Kier alpha value is -2.15. The fraction of sp³-hybridized carbons (Fsp3) is 0. The second-order valence-electron chi connectivity index (χ2n) is 4.87. The molecule has 126 valence electrons. The van der Waals surface area contributed by atoms with Gasteiger partial charge in [0.05, 0.1) is 16.8 Å². The fourth-order valence-electron chi connectivity index (χ4n) is 2.00. The van der Waals surface area contributed by atoms with Gasteiger partial charge in [-0.1, -0.05) is 29.3 Å². The van der Waals surface area contributed by atoms with Crippen LogP contribution in [0.25, 0.3) is 11.3 Å². The van der Waals surface area contributed by atoms with E-state index < -0.39 is 5.91 Å². The van der Waals surface area contributed by atoms with Crippen LogP contribution in [0.15, 0.2) is 62.7 Å². The van der Waals surface area contributed by atoms with Gasteiger partial charge in [0.2, 0.25) is 0 Å². The highest BCUT2D eigenvalue weighted by atomic mass is 79.9. The summed E-state index contributed by atoms with van der Waals surface area (Å²) in [7, 11) is 0. The molecule has 0 spiro atoms. The predicted octanol–water partition coefficient (Wildman–Crippen LogP) is 5.17. The normalized spacial score (nSPS) is 11.0. The van der Waals surface area contributed by atoms with Crippen molar-refractivity contribution in [1.82, 2.24) is 10.4 Å². The van der Waals surface area contributed by atoms with Gasteiger partial charge in [0.25, 0.3) is 5.91 Å². The third-order valence-electron chi connectivity index (χ3n) is 3.19. The Morgan fingerprint density at radius 2 is 2.08 bits per heavy atom. The number of amides is 1. The van der Waals surface area contributed by atoms with Crippen molar-refractivity contribution in [1.29, 1.82) is 0 Å². The molecule has 0 unspecified atom stereocenters. The van der Waals surface area contributed by atoms with Crippen molar-refractivity contribution in [2.75, 3.05) is 0 Å². The summed E-state index contributed by atoms with van der Waals surface area (Å²) in [6, 6.07) is 12.2. The molecular formula is C17H10BrCl2N3O2. The molecular weight excluding hydrogens is 429 g/mol. The van der Waals surface area contributed by atoms with Crippen LogP contribution in [-0.4, -0.2) is 17.1 Å².